The number of benzene rings is 3. The third kappa shape index (κ3) is 5.47. The summed E-state index contributed by atoms with van der Waals surface area (Å²) in [4.78, 5) is 16.1. The van der Waals surface area contributed by atoms with Gasteiger partial charge < -0.3 is 9.94 Å². The molecule has 4 rings (SSSR count). The van der Waals surface area contributed by atoms with E-state index in [4.69, 9.17) is 16.3 Å². The van der Waals surface area contributed by atoms with Crippen molar-refractivity contribution in [1.82, 2.24) is 4.98 Å². The number of carbonyl (C=O) groups excluding carboxylic acids is 1. The van der Waals surface area contributed by atoms with Crippen molar-refractivity contribution in [2.45, 2.75) is 26.2 Å². The highest BCUT2D eigenvalue weighted by Crippen LogP contribution is 2.34. The normalized spacial score (nSPS) is 12.3. The molecule has 1 heterocycles. The van der Waals surface area contributed by atoms with E-state index in [2.05, 4.69) is 41.3 Å². The van der Waals surface area contributed by atoms with E-state index in [1.54, 1.807) is 18.3 Å². The van der Waals surface area contributed by atoms with Crippen molar-refractivity contribution >= 4 is 23.3 Å². The van der Waals surface area contributed by atoms with Crippen molar-refractivity contribution < 1.29 is 14.7 Å². The van der Waals surface area contributed by atoms with E-state index < -0.39 is 5.97 Å². The Morgan fingerprint density at radius 1 is 1.00 bits per heavy atom. The molecule has 1 aromatic heterocycles. The Morgan fingerprint density at radius 2 is 1.72 bits per heavy atom. The summed E-state index contributed by atoms with van der Waals surface area (Å²) in [5.41, 5.74) is 7.95. The number of carbonyl (C=O) groups is 1. The van der Waals surface area contributed by atoms with E-state index in [1.165, 1.54) is 18.2 Å². The molecule has 5 nitrogen and oxygen atoms in total. The number of esters is 1. The second-order valence-electron chi connectivity index (χ2n) is 8.65. The number of hydrogen-bond donors (Lipinski definition) is 1. The van der Waals surface area contributed by atoms with Crippen molar-refractivity contribution in [3.63, 3.8) is 0 Å². The number of oxime groups is 1. The lowest BCUT2D eigenvalue weighted by Gasteiger charge is -2.21. The number of hydrogen-bond acceptors (Lipinski definition) is 5. The summed E-state index contributed by atoms with van der Waals surface area (Å²) < 4.78 is 4.78. The number of pyridine rings is 1. The average molecular weight is 499 g/mol. The van der Waals surface area contributed by atoms with Crippen LogP contribution >= 0.6 is 11.6 Å². The molecule has 0 aliphatic rings. The molecule has 0 fully saturated rings. The number of ether oxygens (including phenoxy) is 1. The van der Waals surface area contributed by atoms with Gasteiger partial charge in [0.15, 0.2) is 0 Å². The second-order valence-corrected chi connectivity index (χ2v) is 9.06. The first-order valence-electron chi connectivity index (χ1n) is 11.6. The topological polar surface area (TPSA) is 71.8 Å². The number of halogens is 1. The van der Waals surface area contributed by atoms with Gasteiger partial charge in [-0.15, -0.1) is 0 Å². The molecule has 0 aliphatic heterocycles. The highest BCUT2D eigenvalue weighted by molar-refractivity contribution is 6.33. The number of methoxy groups -OCH3 is 1. The van der Waals surface area contributed by atoms with Gasteiger partial charge in [0.1, 0.15) is 0 Å². The Balaban J connectivity index is 1.70. The van der Waals surface area contributed by atoms with Gasteiger partial charge in [0.2, 0.25) is 0 Å². The minimum atomic E-state index is -0.464. The zero-order valence-electron chi connectivity index (χ0n) is 20.4. The molecule has 3 aromatic carbocycles. The fourth-order valence-electron chi connectivity index (χ4n) is 4.40. The van der Waals surface area contributed by atoms with E-state index in [-0.39, 0.29) is 5.92 Å². The number of aryl methyl sites for hydroxylation is 2. The molecule has 4 aromatic rings. The number of rotatable bonds is 7. The summed E-state index contributed by atoms with van der Waals surface area (Å²) in [6, 6.07) is 25.6. The fraction of sp³-hybridized carbons (Fsp3) is 0.167. The van der Waals surface area contributed by atoms with Gasteiger partial charge in [0.05, 0.1) is 23.4 Å². The standard InChI is InChI=1S/C30H27ClN2O3/c1-19-6-4-5-7-25(19)27(18-29(33-35)24-14-15-32-20(2)16-24)22-10-8-21(9-11-22)23-12-13-26(28(31)17-23)30(34)36-3/h4-17,27,35H,18H2,1-3H3/b33-29-. The van der Waals surface area contributed by atoms with Crippen LogP contribution in [0.25, 0.3) is 11.1 Å². The van der Waals surface area contributed by atoms with Crippen LogP contribution < -0.4 is 0 Å². The molecule has 0 saturated carbocycles. The Kier molecular flexibility index (Phi) is 7.81. The Bertz CT molecular complexity index is 1410. The van der Waals surface area contributed by atoms with Crippen LogP contribution in [0, 0.1) is 13.8 Å². The molecular weight excluding hydrogens is 472 g/mol. The monoisotopic (exact) mass is 498 g/mol. The van der Waals surface area contributed by atoms with E-state index in [0.29, 0.717) is 22.7 Å². The minimum Gasteiger partial charge on any atom is -0.465 e. The summed E-state index contributed by atoms with van der Waals surface area (Å²) in [5.74, 6) is -0.487. The zero-order chi connectivity index (χ0) is 25.7. The van der Waals surface area contributed by atoms with Gasteiger partial charge in [0, 0.05) is 29.8 Å². The molecule has 1 unspecified atom stereocenters. The molecule has 0 radical (unpaired) electrons. The summed E-state index contributed by atoms with van der Waals surface area (Å²) in [5, 5.41) is 13.9. The van der Waals surface area contributed by atoms with E-state index in [9.17, 15) is 10.0 Å². The van der Waals surface area contributed by atoms with Crippen LogP contribution in [0.3, 0.4) is 0 Å². The lowest BCUT2D eigenvalue weighted by Crippen LogP contribution is -2.12. The first-order chi connectivity index (χ1) is 17.4. The highest BCUT2D eigenvalue weighted by Gasteiger charge is 2.21. The van der Waals surface area contributed by atoms with Gasteiger partial charge >= 0.3 is 5.97 Å². The van der Waals surface area contributed by atoms with Gasteiger partial charge in [-0.05, 0) is 65.9 Å². The van der Waals surface area contributed by atoms with Crippen molar-refractivity contribution in [3.05, 3.63) is 124 Å². The Labute approximate surface area is 216 Å². The predicted molar refractivity (Wildman–Crippen MR) is 143 cm³/mol. The van der Waals surface area contributed by atoms with Crippen LogP contribution in [0.15, 0.2) is 90.2 Å². The molecule has 6 heteroatoms. The molecule has 0 spiro atoms. The number of nitrogens with zero attached hydrogens (tertiary/aromatic N) is 2. The lowest BCUT2D eigenvalue weighted by atomic mass is 9.83. The molecule has 0 bridgehead atoms. The van der Waals surface area contributed by atoms with Crippen LogP contribution in [0.1, 0.15) is 50.6 Å². The third-order valence-electron chi connectivity index (χ3n) is 6.33. The van der Waals surface area contributed by atoms with Gasteiger partial charge in [-0.25, -0.2) is 4.79 Å². The zero-order valence-corrected chi connectivity index (χ0v) is 21.2. The third-order valence-corrected chi connectivity index (χ3v) is 6.65. The maximum absolute atomic E-state index is 11.9. The van der Waals surface area contributed by atoms with Crippen LogP contribution in [-0.2, 0) is 4.74 Å². The van der Waals surface area contributed by atoms with Crippen LogP contribution in [0.4, 0.5) is 0 Å². The van der Waals surface area contributed by atoms with Crippen molar-refractivity contribution in [2.24, 2.45) is 5.16 Å². The maximum Gasteiger partial charge on any atom is 0.339 e. The molecular formula is C30H27ClN2O3. The largest absolute Gasteiger partial charge is 0.465 e. The Hall–Kier alpha value is -3.96. The second kappa shape index (κ2) is 11.2. The molecule has 1 N–H and O–H groups in total. The van der Waals surface area contributed by atoms with Crippen molar-refractivity contribution in [2.75, 3.05) is 7.11 Å². The van der Waals surface area contributed by atoms with Gasteiger partial charge in [-0.2, -0.15) is 0 Å². The molecule has 0 aliphatic carbocycles. The molecule has 0 amide bonds. The number of aromatic nitrogens is 1. The predicted octanol–water partition coefficient (Wildman–Crippen LogP) is 7.21. The Morgan fingerprint density at radius 3 is 2.36 bits per heavy atom. The molecule has 36 heavy (non-hydrogen) atoms. The van der Waals surface area contributed by atoms with Gasteiger partial charge in [0.25, 0.3) is 0 Å². The van der Waals surface area contributed by atoms with E-state index in [0.717, 1.165) is 27.9 Å². The van der Waals surface area contributed by atoms with E-state index in [1.807, 2.05) is 49.4 Å². The summed E-state index contributed by atoms with van der Waals surface area (Å²) >= 11 is 6.33. The summed E-state index contributed by atoms with van der Waals surface area (Å²) in [6.45, 7) is 4.01. The summed E-state index contributed by atoms with van der Waals surface area (Å²) in [6.07, 6.45) is 2.24. The van der Waals surface area contributed by atoms with Crippen LogP contribution in [0.2, 0.25) is 5.02 Å². The van der Waals surface area contributed by atoms with Crippen molar-refractivity contribution in [3.8, 4) is 11.1 Å². The first-order valence-corrected chi connectivity index (χ1v) is 12.0. The fourth-order valence-corrected chi connectivity index (χ4v) is 4.66. The SMILES string of the molecule is COC(=O)c1ccc(-c2ccc(C(C/C(=N/O)c3ccnc(C)c3)c3ccccc3C)cc2)cc1Cl. The minimum absolute atomic E-state index is 0.0232. The van der Waals surface area contributed by atoms with Gasteiger partial charge in [-0.1, -0.05) is 71.4 Å². The summed E-state index contributed by atoms with van der Waals surface area (Å²) in [7, 11) is 1.33. The van der Waals surface area contributed by atoms with Crippen LogP contribution in [0.5, 0.6) is 0 Å². The molecule has 1 atom stereocenters. The quantitative estimate of drug-likeness (QED) is 0.126. The van der Waals surface area contributed by atoms with E-state index >= 15 is 0 Å². The highest BCUT2D eigenvalue weighted by atomic mass is 35.5. The maximum atomic E-state index is 11.9. The smallest absolute Gasteiger partial charge is 0.339 e. The lowest BCUT2D eigenvalue weighted by molar-refractivity contribution is 0.0601. The van der Waals surface area contributed by atoms with Crippen molar-refractivity contribution in [1.29, 1.82) is 0 Å². The average Bonchev–Trinajstić information content (AvgIpc) is 2.90. The molecule has 182 valence electrons. The molecule has 0 saturated heterocycles. The van der Waals surface area contributed by atoms with Gasteiger partial charge in [-0.3, -0.25) is 4.98 Å². The first kappa shape index (κ1) is 25.1. The van der Waals surface area contributed by atoms with Crippen LogP contribution in [-0.4, -0.2) is 29.0 Å².